The van der Waals surface area contributed by atoms with E-state index in [0.717, 1.165) is 34.3 Å². The molecule has 1 aromatic carbocycles. The van der Waals surface area contributed by atoms with Gasteiger partial charge in [-0.3, -0.25) is 4.79 Å². The smallest absolute Gasteiger partial charge is 0.271 e. The number of unbranched alkanes of at least 4 members (excludes halogenated alkanes) is 1. The SMILES string of the molecule is CCCCC(N)c1nc(C(=O)NCc2ccc(Br)cc2)cs1. The Morgan fingerprint density at radius 1 is 1.41 bits per heavy atom. The van der Waals surface area contributed by atoms with Crippen molar-refractivity contribution in [2.75, 3.05) is 0 Å². The first kappa shape index (κ1) is 17.1. The predicted octanol–water partition coefficient (Wildman–Crippen LogP) is 4.03. The molecule has 3 N–H and O–H groups in total. The van der Waals surface area contributed by atoms with Gasteiger partial charge in [0.15, 0.2) is 0 Å². The van der Waals surface area contributed by atoms with Crippen molar-refractivity contribution >= 4 is 33.2 Å². The van der Waals surface area contributed by atoms with Crippen LogP contribution in [0.5, 0.6) is 0 Å². The van der Waals surface area contributed by atoms with Crippen LogP contribution in [0.1, 0.15) is 53.3 Å². The Labute approximate surface area is 143 Å². The van der Waals surface area contributed by atoms with Gasteiger partial charge in [-0.1, -0.05) is 47.8 Å². The van der Waals surface area contributed by atoms with Gasteiger partial charge in [-0.15, -0.1) is 11.3 Å². The molecule has 6 heteroatoms. The fourth-order valence-corrected chi connectivity index (χ4v) is 3.09. The third kappa shape index (κ3) is 4.90. The second-order valence-corrected chi connectivity index (χ2v) is 6.93. The summed E-state index contributed by atoms with van der Waals surface area (Å²) in [5, 5.41) is 5.49. The van der Waals surface area contributed by atoms with Crippen LogP contribution in [-0.4, -0.2) is 10.9 Å². The molecule has 1 heterocycles. The summed E-state index contributed by atoms with van der Waals surface area (Å²) in [6.45, 7) is 2.62. The molecule has 22 heavy (non-hydrogen) atoms. The Bertz CT molecular complexity index is 612. The van der Waals surface area contributed by atoms with E-state index in [2.05, 4.69) is 33.2 Å². The maximum Gasteiger partial charge on any atom is 0.271 e. The zero-order valence-corrected chi connectivity index (χ0v) is 14.9. The van der Waals surface area contributed by atoms with Gasteiger partial charge in [-0.05, 0) is 24.1 Å². The standard InChI is InChI=1S/C16H20BrN3OS/c1-2-3-4-13(18)16-20-14(10-22-16)15(21)19-9-11-5-7-12(17)8-6-11/h5-8,10,13H,2-4,9,18H2,1H3,(H,19,21). The molecule has 0 radical (unpaired) electrons. The molecule has 1 amide bonds. The van der Waals surface area contributed by atoms with Crippen LogP contribution in [0.3, 0.4) is 0 Å². The molecule has 0 bridgehead atoms. The van der Waals surface area contributed by atoms with Crippen LogP contribution in [0.4, 0.5) is 0 Å². The molecule has 0 saturated carbocycles. The first-order valence-electron chi connectivity index (χ1n) is 7.33. The van der Waals surface area contributed by atoms with Crippen LogP contribution < -0.4 is 11.1 Å². The van der Waals surface area contributed by atoms with Crippen molar-refractivity contribution in [1.82, 2.24) is 10.3 Å². The van der Waals surface area contributed by atoms with E-state index in [-0.39, 0.29) is 11.9 Å². The predicted molar refractivity (Wildman–Crippen MR) is 93.9 cm³/mol. The number of benzene rings is 1. The minimum atomic E-state index is -0.159. The average Bonchev–Trinajstić information content (AvgIpc) is 3.02. The summed E-state index contributed by atoms with van der Waals surface area (Å²) in [7, 11) is 0. The number of nitrogens with two attached hydrogens (primary N) is 1. The van der Waals surface area contributed by atoms with Crippen molar-refractivity contribution in [1.29, 1.82) is 0 Å². The highest BCUT2D eigenvalue weighted by Gasteiger charge is 2.14. The molecule has 4 nitrogen and oxygen atoms in total. The van der Waals surface area contributed by atoms with Gasteiger partial charge in [0.25, 0.3) is 5.91 Å². The minimum absolute atomic E-state index is 0.0713. The molecule has 0 aliphatic heterocycles. The topological polar surface area (TPSA) is 68.0 Å². The third-order valence-electron chi connectivity index (χ3n) is 3.31. The summed E-state index contributed by atoms with van der Waals surface area (Å²) in [6, 6.07) is 7.78. The summed E-state index contributed by atoms with van der Waals surface area (Å²) in [6.07, 6.45) is 3.09. The quantitative estimate of drug-likeness (QED) is 0.760. The first-order valence-corrected chi connectivity index (χ1v) is 9.01. The normalized spacial score (nSPS) is 12.1. The Kier molecular flexibility index (Phi) is 6.54. The molecular formula is C16H20BrN3OS. The number of hydrogen-bond acceptors (Lipinski definition) is 4. The Balaban J connectivity index is 1.90. The maximum atomic E-state index is 12.1. The molecule has 0 aliphatic rings. The number of nitrogens with one attached hydrogen (secondary N) is 1. The number of aromatic nitrogens is 1. The summed E-state index contributed by atoms with van der Waals surface area (Å²) < 4.78 is 1.02. The molecule has 118 valence electrons. The lowest BCUT2D eigenvalue weighted by atomic mass is 10.1. The van der Waals surface area contributed by atoms with Crippen LogP contribution in [0.15, 0.2) is 34.1 Å². The van der Waals surface area contributed by atoms with E-state index in [0.29, 0.717) is 12.2 Å². The number of amides is 1. The van der Waals surface area contributed by atoms with Crippen LogP contribution in [0.25, 0.3) is 0 Å². The number of nitrogens with zero attached hydrogens (tertiary/aromatic N) is 1. The van der Waals surface area contributed by atoms with Gasteiger partial charge >= 0.3 is 0 Å². The highest BCUT2D eigenvalue weighted by Crippen LogP contribution is 2.21. The lowest BCUT2D eigenvalue weighted by Gasteiger charge is -2.06. The number of hydrogen-bond donors (Lipinski definition) is 2. The van der Waals surface area contributed by atoms with E-state index in [4.69, 9.17) is 5.73 Å². The second-order valence-electron chi connectivity index (χ2n) is 5.13. The Morgan fingerprint density at radius 2 is 2.14 bits per heavy atom. The van der Waals surface area contributed by atoms with Crippen molar-refractivity contribution in [3.63, 3.8) is 0 Å². The molecule has 0 spiro atoms. The van der Waals surface area contributed by atoms with Gasteiger partial charge in [0.2, 0.25) is 0 Å². The Morgan fingerprint density at radius 3 is 2.82 bits per heavy atom. The summed E-state index contributed by atoms with van der Waals surface area (Å²) in [4.78, 5) is 16.5. The fourth-order valence-electron chi connectivity index (χ4n) is 1.98. The van der Waals surface area contributed by atoms with E-state index in [1.807, 2.05) is 24.3 Å². The molecule has 0 saturated heterocycles. The zero-order chi connectivity index (χ0) is 15.9. The van der Waals surface area contributed by atoms with Crippen molar-refractivity contribution < 1.29 is 4.79 Å². The highest BCUT2D eigenvalue weighted by molar-refractivity contribution is 9.10. The average molecular weight is 382 g/mol. The van der Waals surface area contributed by atoms with Gasteiger partial charge in [0.05, 0.1) is 6.04 Å². The molecule has 1 aromatic heterocycles. The molecule has 1 unspecified atom stereocenters. The Hall–Kier alpha value is -1.24. The lowest BCUT2D eigenvalue weighted by Crippen LogP contribution is -2.23. The number of carbonyl (C=O) groups is 1. The molecule has 0 aliphatic carbocycles. The van der Waals surface area contributed by atoms with E-state index in [1.54, 1.807) is 5.38 Å². The van der Waals surface area contributed by atoms with Crippen LogP contribution in [0.2, 0.25) is 0 Å². The summed E-state index contributed by atoms with van der Waals surface area (Å²) in [5.41, 5.74) is 7.58. The minimum Gasteiger partial charge on any atom is -0.347 e. The van der Waals surface area contributed by atoms with Gasteiger partial charge in [0, 0.05) is 16.4 Å². The van der Waals surface area contributed by atoms with Crippen LogP contribution in [0, 0.1) is 0 Å². The molecule has 2 rings (SSSR count). The van der Waals surface area contributed by atoms with E-state index in [1.165, 1.54) is 11.3 Å². The van der Waals surface area contributed by atoms with E-state index < -0.39 is 0 Å². The summed E-state index contributed by atoms with van der Waals surface area (Å²) in [5.74, 6) is -0.159. The van der Waals surface area contributed by atoms with Crippen molar-refractivity contribution in [3.8, 4) is 0 Å². The van der Waals surface area contributed by atoms with Gasteiger partial charge in [-0.2, -0.15) is 0 Å². The molecule has 0 fully saturated rings. The first-order chi connectivity index (χ1) is 10.6. The third-order valence-corrected chi connectivity index (χ3v) is 4.81. The van der Waals surface area contributed by atoms with Gasteiger partial charge in [-0.25, -0.2) is 4.98 Å². The van der Waals surface area contributed by atoms with Gasteiger partial charge < -0.3 is 11.1 Å². The highest BCUT2D eigenvalue weighted by atomic mass is 79.9. The van der Waals surface area contributed by atoms with Crippen LogP contribution >= 0.6 is 27.3 Å². The largest absolute Gasteiger partial charge is 0.347 e. The van der Waals surface area contributed by atoms with Crippen LogP contribution in [-0.2, 0) is 6.54 Å². The number of carbonyl (C=O) groups excluding carboxylic acids is 1. The number of thiazole rings is 1. The van der Waals surface area contributed by atoms with Gasteiger partial charge in [0.1, 0.15) is 10.7 Å². The van der Waals surface area contributed by atoms with Crippen molar-refractivity contribution in [3.05, 3.63) is 50.4 Å². The maximum absolute atomic E-state index is 12.1. The summed E-state index contributed by atoms with van der Waals surface area (Å²) >= 11 is 4.85. The lowest BCUT2D eigenvalue weighted by molar-refractivity contribution is 0.0946. The van der Waals surface area contributed by atoms with E-state index >= 15 is 0 Å². The van der Waals surface area contributed by atoms with Crippen molar-refractivity contribution in [2.45, 2.75) is 38.8 Å². The monoisotopic (exact) mass is 381 g/mol. The fraction of sp³-hybridized carbons (Fsp3) is 0.375. The molecule has 1 atom stereocenters. The second kappa shape index (κ2) is 8.41. The number of rotatable bonds is 7. The van der Waals surface area contributed by atoms with E-state index in [9.17, 15) is 4.79 Å². The zero-order valence-electron chi connectivity index (χ0n) is 12.5. The molecule has 2 aromatic rings. The number of halogens is 1. The van der Waals surface area contributed by atoms with Crippen molar-refractivity contribution in [2.24, 2.45) is 5.73 Å². The molecular weight excluding hydrogens is 362 g/mol.